The highest BCUT2D eigenvalue weighted by Crippen LogP contribution is 2.35. The Morgan fingerprint density at radius 3 is 2.68 bits per heavy atom. The molecule has 160 valence electrons. The zero-order valence-corrected chi connectivity index (χ0v) is 18.4. The molecule has 3 aromatic rings. The van der Waals surface area contributed by atoms with Crippen LogP contribution in [0, 0.1) is 11.3 Å². The number of hydrogen-bond acceptors (Lipinski definition) is 5. The van der Waals surface area contributed by atoms with Crippen molar-refractivity contribution in [1.29, 1.82) is 5.26 Å². The monoisotopic (exact) mass is 435 g/mol. The summed E-state index contributed by atoms with van der Waals surface area (Å²) < 4.78 is 27.4. The van der Waals surface area contributed by atoms with Crippen LogP contribution < -0.4 is 4.90 Å². The van der Waals surface area contributed by atoms with E-state index in [1.54, 1.807) is 22.8 Å². The van der Waals surface area contributed by atoms with Gasteiger partial charge >= 0.3 is 0 Å². The molecule has 0 amide bonds. The first kappa shape index (κ1) is 21.1. The van der Waals surface area contributed by atoms with Gasteiger partial charge < -0.3 is 9.88 Å². The molecule has 0 aliphatic carbocycles. The van der Waals surface area contributed by atoms with Gasteiger partial charge in [0.25, 0.3) is 0 Å². The number of nitrogens with zero attached hydrogens (tertiary/aromatic N) is 4. The second kappa shape index (κ2) is 8.53. The van der Waals surface area contributed by atoms with Crippen molar-refractivity contribution in [1.82, 2.24) is 14.3 Å². The predicted octanol–water partition coefficient (Wildman–Crippen LogP) is 3.24. The maximum absolute atomic E-state index is 12.9. The second-order valence-corrected chi connectivity index (χ2v) is 9.91. The Hall–Kier alpha value is -3.15. The van der Waals surface area contributed by atoms with Crippen molar-refractivity contribution in [2.24, 2.45) is 0 Å². The molecule has 2 aromatic carbocycles. The maximum Gasteiger partial charge on any atom is 0.211 e. The van der Waals surface area contributed by atoms with E-state index in [9.17, 15) is 13.7 Å². The van der Waals surface area contributed by atoms with Gasteiger partial charge in [-0.15, -0.1) is 0 Å². The van der Waals surface area contributed by atoms with E-state index in [-0.39, 0.29) is 18.5 Å². The van der Waals surface area contributed by atoms with E-state index in [0.29, 0.717) is 18.7 Å². The van der Waals surface area contributed by atoms with E-state index in [2.05, 4.69) is 27.9 Å². The zero-order valence-electron chi connectivity index (χ0n) is 17.6. The topological polar surface area (TPSA) is 93.1 Å². The molecule has 1 aliphatic rings. The number of rotatable bonds is 5. The maximum atomic E-state index is 12.9. The molecule has 2 atom stereocenters. The third-order valence-electron chi connectivity index (χ3n) is 5.89. The molecule has 1 N–H and O–H groups in total. The number of nitriles is 1. The molecule has 4 rings (SSSR count). The first-order valence-electron chi connectivity index (χ1n) is 10.1. The third-order valence-corrected chi connectivity index (χ3v) is 7.14. The summed E-state index contributed by atoms with van der Waals surface area (Å²) in [5, 5.41) is 9.39. The number of anilines is 1. The standard InChI is InChI=1S/C23H25N5O2S/c1-17(19-6-4-3-5-7-19)23-15-27(14-21-12-25-16-26-21)22-9-8-18(11-24)10-20(22)13-28(23)31(2,29)30/h3-10,12,16-17,23H,13-15H2,1-2H3,(H,25,26)/t17-,23+/m0/s1. The lowest BCUT2D eigenvalue weighted by atomic mass is 9.93. The van der Waals surface area contributed by atoms with Gasteiger partial charge in [0.1, 0.15) is 0 Å². The first-order chi connectivity index (χ1) is 14.9. The van der Waals surface area contributed by atoms with Crippen LogP contribution in [0.25, 0.3) is 0 Å². The fourth-order valence-corrected chi connectivity index (χ4v) is 5.38. The molecule has 2 heterocycles. The quantitative estimate of drug-likeness (QED) is 0.664. The summed E-state index contributed by atoms with van der Waals surface area (Å²) in [6, 6.07) is 17.4. The molecule has 1 aromatic heterocycles. The first-order valence-corrected chi connectivity index (χ1v) is 12.0. The predicted molar refractivity (Wildman–Crippen MR) is 120 cm³/mol. The minimum atomic E-state index is -3.50. The van der Waals surface area contributed by atoms with Gasteiger partial charge in [-0.1, -0.05) is 37.3 Å². The summed E-state index contributed by atoms with van der Waals surface area (Å²) >= 11 is 0. The van der Waals surface area contributed by atoms with Crippen LogP contribution in [0.15, 0.2) is 61.1 Å². The molecule has 0 unspecified atom stereocenters. The minimum Gasteiger partial charge on any atom is -0.364 e. The van der Waals surface area contributed by atoms with Gasteiger partial charge in [0, 0.05) is 31.0 Å². The highest BCUT2D eigenvalue weighted by molar-refractivity contribution is 7.88. The van der Waals surface area contributed by atoms with Crippen LogP contribution in [-0.4, -0.2) is 41.5 Å². The Bertz CT molecular complexity index is 1190. The molecular formula is C23H25N5O2S. The van der Waals surface area contributed by atoms with Gasteiger partial charge in [0.05, 0.1) is 36.5 Å². The molecule has 0 radical (unpaired) electrons. The Morgan fingerprint density at radius 1 is 1.26 bits per heavy atom. The molecule has 8 heteroatoms. The molecule has 31 heavy (non-hydrogen) atoms. The molecule has 0 saturated carbocycles. The summed E-state index contributed by atoms with van der Waals surface area (Å²) in [6.07, 6.45) is 4.74. The SMILES string of the molecule is C[C@@H](c1ccccc1)[C@H]1CN(Cc2c[nH]cn2)c2ccc(C#N)cc2CN1S(C)(=O)=O. The summed E-state index contributed by atoms with van der Waals surface area (Å²) in [4.78, 5) is 9.51. The Kier molecular flexibility index (Phi) is 5.81. The van der Waals surface area contributed by atoms with Crippen LogP contribution in [0.4, 0.5) is 5.69 Å². The number of benzene rings is 2. The zero-order chi connectivity index (χ0) is 22.0. The van der Waals surface area contributed by atoms with Crippen LogP contribution in [0.3, 0.4) is 0 Å². The fraction of sp³-hybridized carbons (Fsp3) is 0.304. The summed E-state index contributed by atoms with van der Waals surface area (Å²) in [5.74, 6) is -0.0256. The molecule has 0 bridgehead atoms. The fourth-order valence-electron chi connectivity index (χ4n) is 4.26. The average molecular weight is 436 g/mol. The molecule has 0 saturated heterocycles. The average Bonchev–Trinajstić information content (AvgIpc) is 3.21. The van der Waals surface area contributed by atoms with Crippen LogP contribution in [0.2, 0.25) is 0 Å². The number of sulfonamides is 1. The van der Waals surface area contributed by atoms with Crippen molar-refractivity contribution in [3.8, 4) is 6.07 Å². The van der Waals surface area contributed by atoms with Crippen molar-refractivity contribution in [2.75, 3.05) is 17.7 Å². The van der Waals surface area contributed by atoms with E-state index in [1.165, 1.54) is 6.26 Å². The Labute approximate surface area is 183 Å². The number of H-pyrrole nitrogens is 1. The molecule has 0 spiro atoms. The summed E-state index contributed by atoms with van der Waals surface area (Å²) in [6.45, 7) is 3.34. The number of hydrogen-bond donors (Lipinski definition) is 1. The summed E-state index contributed by atoms with van der Waals surface area (Å²) in [5.41, 5.74) is 4.22. The number of aromatic nitrogens is 2. The Balaban J connectivity index is 1.82. The number of aromatic amines is 1. The van der Waals surface area contributed by atoms with E-state index >= 15 is 0 Å². The molecular weight excluding hydrogens is 410 g/mol. The lowest BCUT2D eigenvalue weighted by molar-refractivity contribution is 0.290. The molecule has 7 nitrogen and oxygen atoms in total. The van der Waals surface area contributed by atoms with Gasteiger partial charge in [0.15, 0.2) is 0 Å². The lowest BCUT2D eigenvalue weighted by Gasteiger charge is -2.35. The smallest absolute Gasteiger partial charge is 0.211 e. The van der Waals surface area contributed by atoms with E-state index < -0.39 is 10.0 Å². The highest BCUT2D eigenvalue weighted by Gasteiger charge is 2.37. The van der Waals surface area contributed by atoms with E-state index in [1.807, 2.05) is 42.6 Å². The van der Waals surface area contributed by atoms with Crippen molar-refractivity contribution in [3.05, 3.63) is 83.4 Å². The van der Waals surface area contributed by atoms with Gasteiger partial charge in [-0.2, -0.15) is 9.57 Å². The molecule has 0 fully saturated rings. The highest BCUT2D eigenvalue weighted by atomic mass is 32.2. The third kappa shape index (κ3) is 4.48. The van der Waals surface area contributed by atoms with E-state index in [0.717, 1.165) is 22.5 Å². The van der Waals surface area contributed by atoms with Crippen LogP contribution >= 0.6 is 0 Å². The van der Waals surface area contributed by atoms with Gasteiger partial charge in [0.2, 0.25) is 10.0 Å². The van der Waals surface area contributed by atoms with Crippen molar-refractivity contribution in [3.63, 3.8) is 0 Å². The number of nitrogens with one attached hydrogen (secondary N) is 1. The summed E-state index contributed by atoms with van der Waals surface area (Å²) in [7, 11) is -3.50. The van der Waals surface area contributed by atoms with Crippen molar-refractivity contribution in [2.45, 2.75) is 32.0 Å². The normalized spacial score (nSPS) is 18.1. The second-order valence-electron chi connectivity index (χ2n) is 7.97. The van der Waals surface area contributed by atoms with Gasteiger partial charge in [-0.3, -0.25) is 0 Å². The van der Waals surface area contributed by atoms with Crippen LogP contribution in [0.5, 0.6) is 0 Å². The Morgan fingerprint density at radius 2 is 2.03 bits per heavy atom. The number of imidazole rings is 1. The van der Waals surface area contributed by atoms with Gasteiger partial charge in [-0.05, 0) is 35.2 Å². The lowest BCUT2D eigenvalue weighted by Crippen LogP contribution is -2.46. The van der Waals surface area contributed by atoms with Gasteiger partial charge in [-0.25, -0.2) is 13.4 Å². The van der Waals surface area contributed by atoms with Crippen molar-refractivity contribution >= 4 is 15.7 Å². The van der Waals surface area contributed by atoms with E-state index in [4.69, 9.17) is 0 Å². The minimum absolute atomic E-state index is 0.0256. The number of fused-ring (bicyclic) bond motifs is 1. The molecule has 1 aliphatic heterocycles. The van der Waals surface area contributed by atoms with Crippen molar-refractivity contribution < 1.29 is 8.42 Å². The largest absolute Gasteiger partial charge is 0.364 e. The van der Waals surface area contributed by atoms with Crippen LogP contribution in [0.1, 0.15) is 35.2 Å². The van der Waals surface area contributed by atoms with Crippen LogP contribution in [-0.2, 0) is 23.1 Å².